The molecule has 2 aromatic carbocycles. The zero-order valence-corrected chi connectivity index (χ0v) is 13.3. The number of benzene rings is 2. The number of rotatable bonds is 4. The van der Waals surface area contributed by atoms with E-state index in [1.54, 1.807) is 20.0 Å². The Morgan fingerprint density at radius 3 is 2.14 bits per heavy atom. The molecule has 0 spiro atoms. The summed E-state index contributed by atoms with van der Waals surface area (Å²) in [5.74, 6) is 0.549. The fraction of sp³-hybridized carbons (Fsp3) is 0.278. The molecular formula is C18H22FN3. The highest BCUT2D eigenvalue weighted by Crippen LogP contribution is 2.09. The fourth-order valence-electron chi connectivity index (χ4n) is 2.11. The quantitative estimate of drug-likeness (QED) is 0.671. The first-order valence-electron chi connectivity index (χ1n) is 7.33. The molecule has 0 fully saturated rings. The number of nitrogens with one attached hydrogen (secondary N) is 2. The molecule has 2 rings (SSSR count). The molecule has 2 aromatic rings. The number of hydrogen-bond donors (Lipinski definition) is 2. The molecule has 0 saturated heterocycles. The van der Waals surface area contributed by atoms with Crippen molar-refractivity contribution >= 4 is 5.96 Å². The zero-order valence-electron chi connectivity index (χ0n) is 13.3. The van der Waals surface area contributed by atoms with Gasteiger partial charge in [-0.05, 0) is 36.6 Å². The molecule has 0 radical (unpaired) electrons. The van der Waals surface area contributed by atoms with Crippen molar-refractivity contribution in [3.63, 3.8) is 0 Å². The molecule has 2 N–H and O–H groups in total. The summed E-state index contributed by atoms with van der Waals surface area (Å²) < 4.78 is 13.2. The van der Waals surface area contributed by atoms with E-state index in [0.29, 0.717) is 18.7 Å². The number of guanidine groups is 1. The van der Waals surface area contributed by atoms with Crippen LogP contribution in [0.2, 0.25) is 0 Å². The first-order valence-corrected chi connectivity index (χ1v) is 7.33. The first kappa shape index (κ1) is 16.0. The van der Waals surface area contributed by atoms with Crippen molar-refractivity contribution < 1.29 is 4.39 Å². The van der Waals surface area contributed by atoms with Crippen LogP contribution in [-0.2, 0) is 13.1 Å². The zero-order chi connectivity index (χ0) is 15.9. The van der Waals surface area contributed by atoms with Crippen molar-refractivity contribution in [2.45, 2.75) is 26.9 Å². The molecule has 116 valence electrons. The Labute approximate surface area is 131 Å². The van der Waals surface area contributed by atoms with Crippen LogP contribution in [0, 0.1) is 19.7 Å². The minimum Gasteiger partial charge on any atom is -0.352 e. The maximum Gasteiger partial charge on any atom is 0.191 e. The van der Waals surface area contributed by atoms with Crippen molar-refractivity contribution in [1.82, 2.24) is 10.6 Å². The molecule has 22 heavy (non-hydrogen) atoms. The molecule has 0 unspecified atom stereocenters. The van der Waals surface area contributed by atoms with Crippen LogP contribution < -0.4 is 10.6 Å². The summed E-state index contributed by atoms with van der Waals surface area (Å²) >= 11 is 0. The van der Waals surface area contributed by atoms with Crippen LogP contribution in [0.4, 0.5) is 4.39 Å². The molecule has 0 aliphatic rings. The molecule has 3 nitrogen and oxygen atoms in total. The summed E-state index contributed by atoms with van der Waals surface area (Å²) in [6.45, 7) is 5.16. The second kappa shape index (κ2) is 7.59. The number of aliphatic imine (C=N–C) groups is 1. The van der Waals surface area contributed by atoms with Crippen molar-refractivity contribution in [2.75, 3.05) is 7.05 Å². The summed E-state index contributed by atoms with van der Waals surface area (Å²) in [7, 11) is 1.74. The normalized spacial score (nSPS) is 11.4. The van der Waals surface area contributed by atoms with Crippen LogP contribution in [0.3, 0.4) is 0 Å². The topological polar surface area (TPSA) is 36.4 Å². The number of nitrogens with zero attached hydrogens (tertiary/aromatic N) is 1. The SMILES string of the molecule is CN=C(NCc1ccc(C)cc1)NCc1ccc(F)c(C)c1. The molecule has 0 heterocycles. The average molecular weight is 299 g/mol. The van der Waals surface area contributed by atoms with Crippen molar-refractivity contribution in [3.05, 3.63) is 70.5 Å². The number of aryl methyl sites for hydroxylation is 2. The van der Waals surface area contributed by atoms with Crippen LogP contribution >= 0.6 is 0 Å². The van der Waals surface area contributed by atoms with Gasteiger partial charge in [-0.15, -0.1) is 0 Å². The first-order chi connectivity index (χ1) is 10.6. The van der Waals surface area contributed by atoms with Gasteiger partial charge in [0, 0.05) is 20.1 Å². The van der Waals surface area contributed by atoms with E-state index < -0.39 is 0 Å². The standard InChI is InChI=1S/C18H22FN3/c1-13-4-6-15(7-5-13)11-21-18(20-3)22-12-16-8-9-17(19)14(2)10-16/h4-10H,11-12H2,1-3H3,(H2,20,21,22). The summed E-state index contributed by atoms with van der Waals surface area (Å²) in [6, 6.07) is 13.5. The molecule has 0 bridgehead atoms. The van der Waals surface area contributed by atoms with Crippen LogP contribution in [0.25, 0.3) is 0 Å². The minimum atomic E-state index is -0.175. The highest BCUT2D eigenvalue weighted by atomic mass is 19.1. The van der Waals surface area contributed by atoms with Crippen LogP contribution in [0.1, 0.15) is 22.3 Å². The third-order valence-electron chi connectivity index (χ3n) is 3.49. The average Bonchev–Trinajstić information content (AvgIpc) is 2.52. The Bertz CT molecular complexity index is 648. The maximum atomic E-state index is 13.2. The van der Waals surface area contributed by atoms with Crippen LogP contribution in [0.5, 0.6) is 0 Å². The Balaban J connectivity index is 1.87. The van der Waals surface area contributed by atoms with Gasteiger partial charge in [-0.3, -0.25) is 4.99 Å². The second-order valence-corrected chi connectivity index (χ2v) is 5.35. The van der Waals surface area contributed by atoms with E-state index in [2.05, 4.69) is 46.8 Å². The number of halogens is 1. The monoisotopic (exact) mass is 299 g/mol. The van der Waals surface area contributed by atoms with Gasteiger partial charge in [0.15, 0.2) is 5.96 Å². The third kappa shape index (κ3) is 4.58. The van der Waals surface area contributed by atoms with E-state index in [1.807, 2.05) is 6.07 Å². The van der Waals surface area contributed by atoms with Gasteiger partial charge in [-0.25, -0.2) is 4.39 Å². The molecule has 0 amide bonds. The van der Waals surface area contributed by atoms with Gasteiger partial charge in [-0.1, -0.05) is 42.0 Å². The summed E-state index contributed by atoms with van der Waals surface area (Å²) in [6.07, 6.45) is 0. The van der Waals surface area contributed by atoms with Gasteiger partial charge in [0.25, 0.3) is 0 Å². The predicted octanol–water partition coefficient (Wildman–Crippen LogP) is 3.31. The lowest BCUT2D eigenvalue weighted by Crippen LogP contribution is -2.36. The smallest absolute Gasteiger partial charge is 0.191 e. The molecule has 0 aliphatic heterocycles. The van der Waals surface area contributed by atoms with Gasteiger partial charge >= 0.3 is 0 Å². The van der Waals surface area contributed by atoms with Crippen LogP contribution in [-0.4, -0.2) is 13.0 Å². The Morgan fingerprint density at radius 1 is 0.955 bits per heavy atom. The fourth-order valence-corrected chi connectivity index (χ4v) is 2.11. The summed E-state index contributed by atoms with van der Waals surface area (Å²) in [5.41, 5.74) is 4.13. The van der Waals surface area contributed by atoms with Gasteiger partial charge in [0.2, 0.25) is 0 Å². The third-order valence-corrected chi connectivity index (χ3v) is 3.49. The van der Waals surface area contributed by atoms with Crippen molar-refractivity contribution in [2.24, 2.45) is 4.99 Å². The van der Waals surface area contributed by atoms with Gasteiger partial charge in [0.05, 0.1) is 0 Å². The van der Waals surface area contributed by atoms with E-state index in [4.69, 9.17) is 0 Å². The van der Waals surface area contributed by atoms with Crippen molar-refractivity contribution in [3.8, 4) is 0 Å². The van der Waals surface area contributed by atoms with Gasteiger partial charge in [-0.2, -0.15) is 0 Å². The Morgan fingerprint density at radius 2 is 1.55 bits per heavy atom. The lowest BCUT2D eigenvalue weighted by atomic mass is 10.1. The lowest BCUT2D eigenvalue weighted by molar-refractivity contribution is 0.617. The van der Waals surface area contributed by atoms with E-state index in [1.165, 1.54) is 17.2 Å². The van der Waals surface area contributed by atoms with Gasteiger partial charge < -0.3 is 10.6 Å². The Kier molecular flexibility index (Phi) is 5.53. The number of hydrogen-bond acceptors (Lipinski definition) is 1. The summed E-state index contributed by atoms with van der Waals surface area (Å²) in [5, 5.41) is 6.50. The molecule has 0 atom stereocenters. The molecule has 0 aromatic heterocycles. The van der Waals surface area contributed by atoms with E-state index in [9.17, 15) is 4.39 Å². The van der Waals surface area contributed by atoms with Crippen LogP contribution in [0.15, 0.2) is 47.5 Å². The predicted molar refractivity (Wildman–Crippen MR) is 89.4 cm³/mol. The Hall–Kier alpha value is -2.36. The van der Waals surface area contributed by atoms with E-state index >= 15 is 0 Å². The molecule has 4 heteroatoms. The van der Waals surface area contributed by atoms with Crippen molar-refractivity contribution in [1.29, 1.82) is 0 Å². The van der Waals surface area contributed by atoms with Gasteiger partial charge in [0.1, 0.15) is 5.82 Å². The lowest BCUT2D eigenvalue weighted by Gasteiger charge is -2.12. The van der Waals surface area contributed by atoms with E-state index in [-0.39, 0.29) is 5.82 Å². The summed E-state index contributed by atoms with van der Waals surface area (Å²) in [4.78, 5) is 4.20. The molecule has 0 saturated carbocycles. The molecule has 0 aliphatic carbocycles. The molecular weight excluding hydrogens is 277 g/mol. The maximum absolute atomic E-state index is 13.2. The largest absolute Gasteiger partial charge is 0.352 e. The van der Waals surface area contributed by atoms with E-state index in [0.717, 1.165) is 11.5 Å². The second-order valence-electron chi connectivity index (χ2n) is 5.35. The minimum absolute atomic E-state index is 0.175. The highest BCUT2D eigenvalue weighted by molar-refractivity contribution is 5.79. The highest BCUT2D eigenvalue weighted by Gasteiger charge is 2.01.